The highest BCUT2D eigenvalue weighted by atomic mass is 16.3. The number of hydrogen-bond donors (Lipinski definition) is 1. The molecule has 2 aromatic rings. The van der Waals surface area contributed by atoms with Crippen molar-refractivity contribution in [2.45, 2.75) is 45.6 Å². The second-order valence-electron chi connectivity index (χ2n) is 8.68. The van der Waals surface area contributed by atoms with Crippen molar-refractivity contribution < 1.29 is 14.7 Å². The van der Waals surface area contributed by atoms with Gasteiger partial charge in [-0.1, -0.05) is 0 Å². The number of imidazole rings is 1. The van der Waals surface area contributed by atoms with Crippen molar-refractivity contribution >= 4 is 23.0 Å². The molecule has 1 N–H and O–H groups in total. The zero-order valence-corrected chi connectivity index (χ0v) is 17.2. The normalized spacial score (nSPS) is 22.8. The van der Waals surface area contributed by atoms with Crippen LogP contribution in [0.5, 0.6) is 0 Å². The van der Waals surface area contributed by atoms with Crippen LogP contribution in [-0.2, 0) is 4.79 Å². The Morgan fingerprint density at radius 2 is 2.10 bits per heavy atom. The molecule has 2 fully saturated rings. The molecule has 2 saturated heterocycles. The van der Waals surface area contributed by atoms with Crippen LogP contribution >= 0.6 is 0 Å². The Labute approximate surface area is 170 Å². The number of piperidine rings is 2. The lowest BCUT2D eigenvalue weighted by Gasteiger charge is -2.48. The number of β-amino-alcohol motifs (C(OH)–C–C–N with tert-alkyl or cyclic N) is 1. The Balaban J connectivity index is 1.53. The Morgan fingerprint density at radius 3 is 2.86 bits per heavy atom. The van der Waals surface area contributed by atoms with E-state index in [1.807, 2.05) is 15.5 Å². The van der Waals surface area contributed by atoms with E-state index in [0.29, 0.717) is 38.2 Å². The molecule has 0 radical (unpaired) electrons. The van der Waals surface area contributed by atoms with Gasteiger partial charge < -0.3 is 19.5 Å². The zero-order chi connectivity index (χ0) is 20.6. The van der Waals surface area contributed by atoms with Crippen molar-refractivity contribution in [2.75, 3.05) is 32.8 Å². The standard InChI is InChI=1S/C21H29N5O3/c1-15(2)26-14-23-17-10-16(11-22-19(17)26)20(29)25-7-3-5-21(13-25)6-4-18(28)24(12-21)8-9-27/h10-11,14-15,27H,3-9,12-13H2,1-2H3. The largest absolute Gasteiger partial charge is 0.395 e. The number of aliphatic hydroxyl groups excluding tert-OH is 1. The minimum atomic E-state index is -0.0757. The molecule has 2 amide bonds. The van der Waals surface area contributed by atoms with Gasteiger partial charge in [-0.15, -0.1) is 0 Å². The first-order chi connectivity index (χ1) is 13.9. The van der Waals surface area contributed by atoms with Gasteiger partial charge >= 0.3 is 0 Å². The van der Waals surface area contributed by atoms with Gasteiger partial charge in [0.25, 0.3) is 5.91 Å². The smallest absolute Gasteiger partial charge is 0.255 e. The summed E-state index contributed by atoms with van der Waals surface area (Å²) in [6.45, 7) is 6.46. The summed E-state index contributed by atoms with van der Waals surface area (Å²) in [6.07, 6.45) is 6.62. The number of pyridine rings is 1. The van der Waals surface area contributed by atoms with Gasteiger partial charge in [0.2, 0.25) is 5.91 Å². The molecule has 1 spiro atoms. The lowest BCUT2D eigenvalue weighted by Crippen LogP contribution is -2.55. The van der Waals surface area contributed by atoms with E-state index in [2.05, 4.69) is 23.8 Å². The van der Waals surface area contributed by atoms with Gasteiger partial charge in [-0.05, 0) is 39.2 Å². The lowest BCUT2D eigenvalue weighted by atomic mass is 9.73. The molecule has 8 nitrogen and oxygen atoms in total. The van der Waals surface area contributed by atoms with Crippen LogP contribution in [0.4, 0.5) is 0 Å². The Morgan fingerprint density at radius 1 is 1.28 bits per heavy atom. The fraction of sp³-hybridized carbons (Fsp3) is 0.619. The van der Waals surface area contributed by atoms with Crippen LogP contribution in [0.15, 0.2) is 18.6 Å². The van der Waals surface area contributed by atoms with E-state index in [-0.39, 0.29) is 29.9 Å². The van der Waals surface area contributed by atoms with E-state index in [0.717, 1.165) is 30.4 Å². The predicted octanol–water partition coefficient (Wildman–Crippen LogP) is 1.85. The van der Waals surface area contributed by atoms with Crippen molar-refractivity contribution in [1.29, 1.82) is 0 Å². The number of hydrogen-bond acceptors (Lipinski definition) is 5. The lowest BCUT2D eigenvalue weighted by molar-refractivity contribution is -0.139. The Kier molecular flexibility index (Phi) is 5.29. The van der Waals surface area contributed by atoms with Crippen LogP contribution < -0.4 is 0 Å². The molecule has 4 heterocycles. The van der Waals surface area contributed by atoms with E-state index in [1.165, 1.54) is 0 Å². The minimum absolute atomic E-state index is 0.0248. The predicted molar refractivity (Wildman–Crippen MR) is 108 cm³/mol. The minimum Gasteiger partial charge on any atom is -0.395 e. The highest BCUT2D eigenvalue weighted by Crippen LogP contribution is 2.39. The van der Waals surface area contributed by atoms with Crippen LogP contribution in [0.25, 0.3) is 11.2 Å². The molecule has 2 aromatic heterocycles. The van der Waals surface area contributed by atoms with Crippen LogP contribution in [0.1, 0.15) is 55.9 Å². The van der Waals surface area contributed by atoms with E-state index in [9.17, 15) is 14.7 Å². The van der Waals surface area contributed by atoms with Crippen molar-refractivity contribution in [2.24, 2.45) is 5.41 Å². The molecular weight excluding hydrogens is 370 g/mol. The summed E-state index contributed by atoms with van der Waals surface area (Å²) in [6, 6.07) is 2.08. The molecule has 1 atom stereocenters. The maximum Gasteiger partial charge on any atom is 0.255 e. The molecule has 0 bridgehead atoms. The summed E-state index contributed by atoms with van der Waals surface area (Å²) in [7, 11) is 0. The van der Waals surface area contributed by atoms with Crippen LogP contribution in [0.2, 0.25) is 0 Å². The topological polar surface area (TPSA) is 91.6 Å². The molecule has 8 heteroatoms. The van der Waals surface area contributed by atoms with E-state index >= 15 is 0 Å². The van der Waals surface area contributed by atoms with Crippen molar-refractivity contribution in [1.82, 2.24) is 24.3 Å². The zero-order valence-electron chi connectivity index (χ0n) is 17.2. The summed E-state index contributed by atoms with van der Waals surface area (Å²) < 4.78 is 1.99. The van der Waals surface area contributed by atoms with Crippen molar-refractivity contribution in [3.05, 3.63) is 24.2 Å². The number of likely N-dealkylation sites (tertiary alicyclic amines) is 2. The third-order valence-electron chi connectivity index (χ3n) is 6.28. The van der Waals surface area contributed by atoms with E-state index in [1.54, 1.807) is 17.4 Å². The third kappa shape index (κ3) is 3.73. The second kappa shape index (κ2) is 7.74. The average Bonchev–Trinajstić information content (AvgIpc) is 3.14. The summed E-state index contributed by atoms with van der Waals surface area (Å²) in [5.74, 6) is 0.0756. The van der Waals surface area contributed by atoms with Crippen LogP contribution in [0, 0.1) is 5.41 Å². The number of aliphatic hydroxyl groups is 1. The summed E-state index contributed by atoms with van der Waals surface area (Å²) in [4.78, 5) is 37.9. The molecule has 0 saturated carbocycles. The fourth-order valence-electron chi connectivity index (χ4n) is 4.74. The molecule has 29 heavy (non-hydrogen) atoms. The average molecular weight is 399 g/mol. The molecule has 2 aliphatic heterocycles. The van der Waals surface area contributed by atoms with E-state index < -0.39 is 0 Å². The number of fused-ring (bicyclic) bond motifs is 1. The van der Waals surface area contributed by atoms with Gasteiger partial charge in [0.15, 0.2) is 5.65 Å². The molecule has 1 unspecified atom stereocenters. The highest BCUT2D eigenvalue weighted by Gasteiger charge is 2.42. The van der Waals surface area contributed by atoms with Gasteiger partial charge in [0.1, 0.15) is 5.52 Å². The summed E-state index contributed by atoms with van der Waals surface area (Å²) in [5, 5.41) is 9.26. The first kappa shape index (κ1) is 19.8. The van der Waals surface area contributed by atoms with Crippen molar-refractivity contribution in [3.8, 4) is 0 Å². The molecule has 156 valence electrons. The molecular formula is C21H29N5O3. The summed E-state index contributed by atoms with van der Waals surface area (Å²) in [5.41, 5.74) is 2.00. The third-order valence-corrected chi connectivity index (χ3v) is 6.28. The van der Waals surface area contributed by atoms with Gasteiger partial charge in [-0.2, -0.15) is 0 Å². The number of rotatable bonds is 4. The van der Waals surface area contributed by atoms with Crippen LogP contribution in [0.3, 0.4) is 0 Å². The Bertz CT molecular complexity index is 924. The molecule has 0 aliphatic carbocycles. The molecule has 2 aliphatic rings. The first-order valence-electron chi connectivity index (χ1n) is 10.4. The number of nitrogens with zero attached hydrogens (tertiary/aromatic N) is 5. The van der Waals surface area contributed by atoms with E-state index in [4.69, 9.17) is 0 Å². The number of carbonyl (C=O) groups is 2. The Hall–Kier alpha value is -2.48. The van der Waals surface area contributed by atoms with Gasteiger partial charge in [-0.25, -0.2) is 9.97 Å². The fourth-order valence-corrected chi connectivity index (χ4v) is 4.74. The van der Waals surface area contributed by atoms with Gasteiger partial charge in [0.05, 0.1) is 18.5 Å². The summed E-state index contributed by atoms with van der Waals surface area (Å²) >= 11 is 0. The molecule has 0 aromatic carbocycles. The highest BCUT2D eigenvalue weighted by molar-refractivity contribution is 5.96. The van der Waals surface area contributed by atoms with Crippen molar-refractivity contribution in [3.63, 3.8) is 0 Å². The van der Waals surface area contributed by atoms with Crippen LogP contribution in [-0.4, -0.2) is 74.0 Å². The monoisotopic (exact) mass is 399 g/mol. The second-order valence-corrected chi connectivity index (χ2v) is 8.68. The number of aromatic nitrogens is 3. The van der Waals surface area contributed by atoms with Gasteiger partial charge in [0, 0.05) is 50.3 Å². The molecule has 4 rings (SSSR count). The number of carbonyl (C=O) groups excluding carboxylic acids is 2. The number of amides is 2. The SMILES string of the molecule is CC(C)n1cnc2cc(C(=O)N3CCCC4(CCC(=O)N(CCO)C4)C3)cnc21. The van der Waals surface area contributed by atoms with Gasteiger partial charge in [-0.3, -0.25) is 9.59 Å². The maximum absolute atomic E-state index is 13.2. The first-order valence-corrected chi connectivity index (χ1v) is 10.4. The maximum atomic E-state index is 13.2. The quantitative estimate of drug-likeness (QED) is 0.847.